The number of ketones is 1. The minimum atomic E-state index is -0.958. The number of hydrogen-bond acceptors (Lipinski definition) is 8. The summed E-state index contributed by atoms with van der Waals surface area (Å²) in [5.41, 5.74) is 1.68. The second-order valence-electron chi connectivity index (χ2n) is 7.72. The monoisotopic (exact) mass is 538 g/mol. The zero-order valence-electron chi connectivity index (χ0n) is 18.3. The number of amides is 1. The number of aliphatic hydroxyl groups is 1. The van der Waals surface area contributed by atoms with Crippen LogP contribution in [0, 0.1) is 5.82 Å². The number of rotatable bonds is 6. The van der Waals surface area contributed by atoms with Crippen molar-refractivity contribution in [1.82, 2.24) is 15.2 Å². The normalized spacial score (nSPS) is 17.1. The molecule has 1 aliphatic heterocycles. The van der Waals surface area contributed by atoms with Crippen LogP contribution in [0.5, 0.6) is 0 Å². The summed E-state index contributed by atoms with van der Waals surface area (Å²) in [6, 6.07) is 14.8. The molecule has 0 bridgehead atoms. The molecule has 1 N–H and O–H groups in total. The molecule has 1 unspecified atom stereocenters. The van der Waals surface area contributed by atoms with Gasteiger partial charge in [-0.1, -0.05) is 46.8 Å². The van der Waals surface area contributed by atoms with Gasteiger partial charge in [0.05, 0.1) is 11.6 Å². The molecular weight excluding hydrogens is 523 g/mol. The van der Waals surface area contributed by atoms with Gasteiger partial charge in [-0.25, -0.2) is 4.39 Å². The predicted molar refractivity (Wildman–Crippen MR) is 136 cm³/mol. The number of pyridine rings is 1. The molecule has 1 saturated heterocycles. The lowest BCUT2D eigenvalue weighted by atomic mass is 9.96. The van der Waals surface area contributed by atoms with Gasteiger partial charge in [0, 0.05) is 28.7 Å². The first-order valence-electron chi connectivity index (χ1n) is 10.6. The number of aromatic nitrogens is 3. The van der Waals surface area contributed by atoms with Crippen molar-refractivity contribution in [3.05, 3.63) is 106 Å². The third-order valence-corrected chi connectivity index (χ3v) is 7.84. The Bertz CT molecular complexity index is 1460. The van der Waals surface area contributed by atoms with Crippen molar-refractivity contribution in [1.29, 1.82) is 0 Å². The largest absolute Gasteiger partial charge is 0.507 e. The van der Waals surface area contributed by atoms with Crippen molar-refractivity contribution in [2.24, 2.45) is 0 Å². The lowest BCUT2D eigenvalue weighted by Gasteiger charge is -2.22. The maximum Gasteiger partial charge on any atom is 0.301 e. The Morgan fingerprint density at radius 2 is 1.72 bits per heavy atom. The van der Waals surface area contributed by atoms with E-state index in [0.29, 0.717) is 20.7 Å². The van der Waals surface area contributed by atoms with E-state index >= 15 is 0 Å². The molecule has 0 aliphatic carbocycles. The van der Waals surface area contributed by atoms with Crippen LogP contribution in [0.4, 0.5) is 9.52 Å². The first-order valence-corrected chi connectivity index (χ1v) is 12.8. The van der Waals surface area contributed by atoms with E-state index < -0.39 is 29.3 Å². The molecule has 1 aliphatic rings. The third-order valence-electron chi connectivity index (χ3n) is 5.46. The minimum absolute atomic E-state index is 0.122. The van der Waals surface area contributed by atoms with Gasteiger partial charge in [-0.05, 0) is 59.7 Å². The molecule has 2 aromatic carbocycles. The van der Waals surface area contributed by atoms with Gasteiger partial charge in [0.15, 0.2) is 4.34 Å². The number of hydrogen-bond donors (Lipinski definition) is 1. The van der Waals surface area contributed by atoms with Gasteiger partial charge >= 0.3 is 5.91 Å². The molecule has 3 heterocycles. The summed E-state index contributed by atoms with van der Waals surface area (Å²) in [5, 5.41) is 20.3. The highest BCUT2D eigenvalue weighted by molar-refractivity contribution is 8.00. The molecule has 180 valence electrons. The van der Waals surface area contributed by atoms with Crippen LogP contribution in [0.2, 0.25) is 5.02 Å². The lowest BCUT2D eigenvalue weighted by Crippen LogP contribution is -2.29. The summed E-state index contributed by atoms with van der Waals surface area (Å²) in [6.07, 6.45) is 3.06. The minimum Gasteiger partial charge on any atom is -0.507 e. The van der Waals surface area contributed by atoms with Crippen molar-refractivity contribution >= 4 is 57.3 Å². The second-order valence-corrected chi connectivity index (χ2v) is 10.3. The fourth-order valence-corrected chi connectivity index (χ4v) is 5.69. The highest BCUT2D eigenvalue weighted by atomic mass is 35.5. The molecule has 0 spiro atoms. The van der Waals surface area contributed by atoms with Gasteiger partial charge < -0.3 is 5.11 Å². The van der Waals surface area contributed by atoms with Crippen LogP contribution in [-0.2, 0) is 15.3 Å². The summed E-state index contributed by atoms with van der Waals surface area (Å²) >= 11 is 8.54. The van der Waals surface area contributed by atoms with Crippen LogP contribution in [0.1, 0.15) is 22.7 Å². The predicted octanol–water partition coefficient (Wildman–Crippen LogP) is 5.64. The van der Waals surface area contributed by atoms with E-state index in [4.69, 9.17) is 11.6 Å². The molecular formula is C25H16ClFN4O3S2. The van der Waals surface area contributed by atoms with Crippen LogP contribution < -0.4 is 4.90 Å². The van der Waals surface area contributed by atoms with Gasteiger partial charge in [-0.3, -0.25) is 19.5 Å². The number of nitrogens with zero attached hydrogens (tertiary/aromatic N) is 4. The topological polar surface area (TPSA) is 96.3 Å². The number of carbonyl (C=O) groups excluding carboxylic acids is 2. The Hall–Kier alpha value is -3.60. The Labute approximate surface area is 218 Å². The summed E-state index contributed by atoms with van der Waals surface area (Å²) in [5.74, 6) is -1.99. The zero-order chi connectivity index (χ0) is 25.2. The number of benzene rings is 2. The lowest BCUT2D eigenvalue weighted by molar-refractivity contribution is -0.132. The van der Waals surface area contributed by atoms with E-state index in [0.717, 1.165) is 5.56 Å². The highest BCUT2D eigenvalue weighted by Crippen LogP contribution is 2.43. The molecule has 1 atom stereocenters. The summed E-state index contributed by atoms with van der Waals surface area (Å²) in [4.78, 5) is 31.6. The van der Waals surface area contributed by atoms with Crippen molar-refractivity contribution < 1.29 is 19.1 Å². The molecule has 0 saturated carbocycles. The second kappa shape index (κ2) is 10.2. The van der Waals surface area contributed by atoms with E-state index in [1.165, 1.54) is 64.7 Å². The molecule has 5 rings (SSSR count). The molecule has 11 heteroatoms. The van der Waals surface area contributed by atoms with Crippen LogP contribution >= 0.6 is 34.7 Å². The Morgan fingerprint density at radius 1 is 1.03 bits per heavy atom. The standard InChI is InChI=1S/C25H16ClFN4O3S2/c26-17-5-1-14(2-6-17)13-35-25-30-29-24(36-25)31-20(15-9-11-28-12-10-15)19(22(33)23(31)34)21(32)16-3-7-18(27)8-4-16/h1-12,20,32H,13H2/b21-19-. The van der Waals surface area contributed by atoms with Crippen molar-refractivity contribution in [2.75, 3.05) is 4.90 Å². The Balaban J connectivity index is 1.51. The van der Waals surface area contributed by atoms with Gasteiger partial charge in [0.1, 0.15) is 11.6 Å². The molecule has 4 aromatic rings. The zero-order valence-corrected chi connectivity index (χ0v) is 20.7. The van der Waals surface area contributed by atoms with E-state index in [2.05, 4.69) is 15.2 Å². The molecule has 0 radical (unpaired) electrons. The smallest absolute Gasteiger partial charge is 0.301 e. The van der Waals surface area contributed by atoms with Gasteiger partial charge in [-0.15, -0.1) is 10.2 Å². The first-order chi connectivity index (χ1) is 17.4. The summed E-state index contributed by atoms with van der Waals surface area (Å²) in [6.45, 7) is 0. The van der Waals surface area contributed by atoms with Crippen molar-refractivity contribution in [2.45, 2.75) is 16.1 Å². The maximum atomic E-state index is 13.4. The average Bonchev–Trinajstić information content (AvgIpc) is 3.46. The number of carbonyl (C=O) groups is 2. The molecule has 1 fully saturated rings. The number of Topliss-reactive ketones (excluding diaryl/α,β-unsaturated/α-hetero) is 1. The molecule has 2 aromatic heterocycles. The fraction of sp³-hybridized carbons (Fsp3) is 0.0800. The maximum absolute atomic E-state index is 13.4. The molecule has 36 heavy (non-hydrogen) atoms. The Kier molecular flexibility index (Phi) is 6.82. The van der Waals surface area contributed by atoms with E-state index in [9.17, 15) is 19.1 Å². The number of anilines is 1. The van der Waals surface area contributed by atoms with E-state index in [1.54, 1.807) is 24.3 Å². The van der Waals surface area contributed by atoms with E-state index in [1.807, 2.05) is 12.1 Å². The number of halogens is 2. The summed E-state index contributed by atoms with van der Waals surface area (Å²) in [7, 11) is 0. The quantitative estimate of drug-likeness (QED) is 0.111. The number of aliphatic hydroxyl groups excluding tert-OH is 1. The first kappa shape index (κ1) is 24.1. The van der Waals surface area contributed by atoms with Crippen LogP contribution in [0.3, 0.4) is 0 Å². The average molecular weight is 539 g/mol. The SMILES string of the molecule is O=C1C(=O)N(c2nnc(SCc3ccc(Cl)cc3)s2)C(c2ccncc2)/C1=C(/O)c1ccc(F)cc1. The fourth-order valence-electron chi connectivity index (χ4n) is 3.74. The van der Waals surface area contributed by atoms with Gasteiger partial charge in [-0.2, -0.15) is 0 Å². The van der Waals surface area contributed by atoms with Gasteiger partial charge in [0.2, 0.25) is 5.13 Å². The molecule has 7 nitrogen and oxygen atoms in total. The van der Waals surface area contributed by atoms with Gasteiger partial charge in [0.25, 0.3) is 5.78 Å². The van der Waals surface area contributed by atoms with Crippen LogP contribution in [0.25, 0.3) is 5.76 Å². The third kappa shape index (κ3) is 4.75. The van der Waals surface area contributed by atoms with E-state index in [-0.39, 0.29) is 16.3 Å². The highest BCUT2D eigenvalue weighted by Gasteiger charge is 2.48. The van der Waals surface area contributed by atoms with Crippen LogP contribution in [0.15, 0.2) is 83.0 Å². The molecule has 1 amide bonds. The summed E-state index contributed by atoms with van der Waals surface area (Å²) < 4.78 is 14.0. The van der Waals surface area contributed by atoms with Crippen LogP contribution in [-0.4, -0.2) is 32.0 Å². The Morgan fingerprint density at radius 3 is 2.42 bits per heavy atom. The number of thioether (sulfide) groups is 1. The van der Waals surface area contributed by atoms with Crippen molar-refractivity contribution in [3.8, 4) is 0 Å². The van der Waals surface area contributed by atoms with Crippen molar-refractivity contribution in [3.63, 3.8) is 0 Å².